The SMILES string of the molecule is O=C(OCc1ccccc1)N1CCC2OC2C1.[N-]=[N+]=NC1CN(C(=O)OCc2ccccc2)CCC1O. The number of hydrogen-bond acceptors (Lipinski definition) is 7. The van der Waals surface area contributed by atoms with Gasteiger partial charge in [0.1, 0.15) is 19.3 Å². The van der Waals surface area contributed by atoms with E-state index in [0.717, 1.165) is 24.1 Å². The van der Waals surface area contributed by atoms with E-state index in [1.165, 1.54) is 4.90 Å². The largest absolute Gasteiger partial charge is 0.445 e. The van der Waals surface area contributed by atoms with E-state index in [9.17, 15) is 14.7 Å². The molecule has 3 saturated heterocycles. The monoisotopic (exact) mass is 509 g/mol. The molecule has 196 valence electrons. The van der Waals surface area contributed by atoms with Gasteiger partial charge in [-0.1, -0.05) is 65.8 Å². The van der Waals surface area contributed by atoms with Crippen LogP contribution in [0.4, 0.5) is 9.59 Å². The van der Waals surface area contributed by atoms with Gasteiger partial charge >= 0.3 is 12.2 Å². The molecule has 1 N–H and O–H groups in total. The lowest BCUT2D eigenvalue weighted by atomic mass is 10.0. The van der Waals surface area contributed by atoms with Crippen molar-refractivity contribution >= 4 is 12.2 Å². The Kier molecular flexibility index (Phi) is 9.20. The predicted molar refractivity (Wildman–Crippen MR) is 133 cm³/mol. The van der Waals surface area contributed by atoms with Crippen LogP contribution in [0.15, 0.2) is 65.8 Å². The highest BCUT2D eigenvalue weighted by Gasteiger charge is 2.44. The molecule has 11 heteroatoms. The number of piperidine rings is 2. The van der Waals surface area contributed by atoms with Gasteiger partial charge in [0.25, 0.3) is 0 Å². The van der Waals surface area contributed by atoms with Crippen LogP contribution in [0.2, 0.25) is 0 Å². The van der Waals surface area contributed by atoms with Crippen molar-refractivity contribution in [2.24, 2.45) is 5.11 Å². The first-order valence-corrected chi connectivity index (χ1v) is 12.3. The number of rotatable bonds is 5. The summed E-state index contributed by atoms with van der Waals surface area (Å²) in [6, 6.07) is 18.5. The van der Waals surface area contributed by atoms with Crippen molar-refractivity contribution in [2.75, 3.05) is 26.2 Å². The Morgan fingerprint density at radius 3 is 1.97 bits per heavy atom. The fourth-order valence-electron chi connectivity index (χ4n) is 4.24. The van der Waals surface area contributed by atoms with E-state index in [1.807, 2.05) is 60.7 Å². The Hall–Kier alpha value is -3.79. The number of amides is 2. The number of fused-ring (bicyclic) bond motifs is 1. The number of aliphatic hydroxyl groups is 1. The number of azide groups is 1. The van der Waals surface area contributed by atoms with E-state index in [0.29, 0.717) is 32.2 Å². The van der Waals surface area contributed by atoms with E-state index < -0.39 is 18.2 Å². The number of benzene rings is 2. The van der Waals surface area contributed by atoms with Crippen LogP contribution in [0.3, 0.4) is 0 Å². The molecule has 4 atom stereocenters. The molecule has 11 nitrogen and oxygen atoms in total. The predicted octanol–water partition coefficient (Wildman–Crippen LogP) is 3.87. The molecule has 0 aromatic heterocycles. The number of epoxide rings is 1. The molecule has 0 spiro atoms. The van der Waals surface area contributed by atoms with E-state index in [2.05, 4.69) is 10.0 Å². The molecular weight excluding hydrogens is 478 g/mol. The van der Waals surface area contributed by atoms with Crippen molar-refractivity contribution in [3.8, 4) is 0 Å². The Balaban J connectivity index is 0.000000175. The molecule has 2 amide bonds. The summed E-state index contributed by atoms with van der Waals surface area (Å²) in [5, 5.41) is 13.2. The summed E-state index contributed by atoms with van der Waals surface area (Å²) in [7, 11) is 0. The molecule has 3 aliphatic heterocycles. The normalized spacial score (nSPS) is 23.9. The van der Waals surface area contributed by atoms with Gasteiger partial charge in [-0.05, 0) is 29.5 Å². The van der Waals surface area contributed by atoms with Crippen LogP contribution >= 0.6 is 0 Å². The molecule has 37 heavy (non-hydrogen) atoms. The smallest absolute Gasteiger partial charge is 0.410 e. The topological polar surface area (TPSA) is 141 Å². The maximum absolute atomic E-state index is 11.9. The number of likely N-dealkylation sites (tertiary alicyclic amines) is 2. The van der Waals surface area contributed by atoms with E-state index in [-0.39, 0.29) is 25.3 Å². The highest BCUT2D eigenvalue weighted by molar-refractivity contribution is 5.68. The van der Waals surface area contributed by atoms with Crippen molar-refractivity contribution in [1.82, 2.24) is 9.80 Å². The first kappa shape index (κ1) is 26.3. The minimum absolute atomic E-state index is 0.179. The molecule has 3 aliphatic rings. The summed E-state index contributed by atoms with van der Waals surface area (Å²) >= 11 is 0. The number of carbonyl (C=O) groups excluding carboxylic acids is 2. The van der Waals surface area contributed by atoms with Gasteiger partial charge in [-0.15, -0.1) is 0 Å². The first-order chi connectivity index (χ1) is 18.0. The molecule has 2 aromatic rings. The minimum Gasteiger partial charge on any atom is -0.445 e. The maximum atomic E-state index is 11.9. The number of hydrogen-bond donors (Lipinski definition) is 1. The van der Waals surface area contributed by atoms with Gasteiger partial charge in [-0.25, -0.2) is 9.59 Å². The molecule has 4 unspecified atom stereocenters. The lowest BCUT2D eigenvalue weighted by molar-refractivity contribution is 0.0442. The van der Waals surface area contributed by atoms with Crippen molar-refractivity contribution in [1.29, 1.82) is 0 Å². The molecule has 0 bridgehead atoms. The lowest BCUT2D eigenvalue weighted by Gasteiger charge is -2.33. The summed E-state index contributed by atoms with van der Waals surface area (Å²) in [5.41, 5.74) is 10.3. The average molecular weight is 510 g/mol. The van der Waals surface area contributed by atoms with Crippen LogP contribution in [-0.2, 0) is 27.4 Å². The van der Waals surface area contributed by atoms with E-state index in [4.69, 9.17) is 19.7 Å². The summed E-state index contributed by atoms with van der Waals surface area (Å²) in [6.07, 6.45) is 0.571. The van der Waals surface area contributed by atoms with Crippen molar-refractivity contribution in [3.63, 3.8) is 0 Å². The van der Waals surface area contributed by atoms with Crippen LogP contribution in [-0.4, -0.2) is 77.6 Å². The maximum Gasteiger partial charge on any atom is 0.410 e. The minimum atomic E-state index is -0.705. The van der Waals surface area contributed by atoms with Crippen LogP contribution < -0.4 is 0 Å². The zero-order chi connectivity index (χ0) is 26.0. The number of aliphatic hydroxyl groups excluding tert-OH is 1. The third-order valence-corrected chi connectivity index (χ3v) is 6.44. The van der Waals surface area contributed by atoms with Crippen LogP contribution in [0.5, 0.6) is 0 Å². The summed E-state index contributed by atoms with van der Waals surface area (Å²) in [4.78, 5) is 29.6. The molecular formula is C26H31N5O6. The van der Waals surface area contributed by atoms with E-state index in [1.54, 1.807) is 4.90 Å². The summed E-state index contributed by atoms with van der Waals surface area (Å²) < 4.78 is 15.8. The van der Waals surface area contributed by atoms with Gasteiger partial charge < -0.3 is 29.1 Å². The van der Waals surface area contributed by atoms with Crippen molar-refractivity contribution in [3.05, 3.63) is 82.2 Å². The average Bonchev–Trinajstić information content (AvgIpc) is 3.72. The summed E-state index contributed by atoms with van der Waals surface area (Å²) in [6.45, 7) is 2.54. The molecule has 0 aliphatic carbocycles. The lowest BCUT2D eigenvalue weighted by Crippen LogP contribution is -2.48. The Morgan fingerprint density at radius 2 is 1.43 bits per heavy atom. The number of ether oxygens (including phenoxy) is 3. The number of nitrogens with zero attached hydrogens (tertiary/aromatic N) is 5. The fraction of sp³-hybridized carbons (Fsp3) is 0.462. The molecule has 5 rings (SSSR count). The van der Waals surface area contributed by atoms with Crippen molar-refractivity contribution in [2.45, 2.75) is 50.4 Å². The highest BCUT2D eigenvalue weighted by Crippen LogP contribution is 2.30. The Bertz CT molecular complexity index is 1080. The molecule has 3 fully saturated rings. The fourth-order valence-corrected chi connectivity index (χ4v) is 4.24. The molecule has 3 heterocycles. The Labute approximate surface area is 215 Å². The molecule has 0 saturated carbocycles. The van der Waals surface area contributed by atoms with Gasteiger partial charge in [0.15, 0.2) is 0 Å². The Morgan fingerprint density at radius 1 is 0.892 bits per heavy atom. The highest BCUT2D eigenvalue weighted by atomic mass is 16.6. The first-order valence-electron chi connectivity index (χ1n) is 12.3. The molecule has 0 radical (unpaired) electrons. The van der Waals surface area contributed by atoms with Gasteiger partial charge in [0.2, 0.25) is 0 Å². The second kappa shape index (κ2) is 13.0. The van der Waals surface area contributed by atoms with Crippen molar-refractivity contribution < 1.29 is 28.9 Å². The number of carbonyl (C=O) groups is 2. The second-order valence-corrected chi connectivity index (χ2v) is 9.10. The van der Waals surface area contributed by atoms with Crippen LogP contribution in [0.25, 0.3) is 10.4 Å². The zero-order valence-corrected chi connectivity index (χ0v) is 20.5. The summed E-state index contributed by atoms with van der Waals surface area (Å²) in [5.74, 6) is 0. The standard InChI is InChI=1S/C13H16N4O3.C13H15NO3/c14-16-15-11-8-17(7-6-12(11)18)13(19)20-9-10-4-2-1-3-5-10;15-13(14-7-6-11-12(8-14)17-11)16-9-10-4-2-1-3-5-10/h1-5,11-12,18H,6-9H2;1-5,11-12H,6-9H2. The van der Waals surface area contributed by atoms with Gasteiger partial charge in [-0.3, -0.25) is 0 Å². The van der Waals surface area contributed by atoms with Gasteiger partial charge in [0.05, 0.1) is 24.8 Å². The third-order valence-electron chi connectivity index (χ3n) is 6.44. The quantitative estimate of drug-likeness (QED) is 0.281. The van der Waals surface area contributed by atoms with Gasteiger partial charge in [-0.2, -0.15) is 0 Å². The van der Waals surface area contributed by atoms with E-state index >= 15 is 0 Å². The molecule has 2 aromatic carbocycles. The van der Waals surface area contributed by atoms with Crippen LogP contribution in [0, 0.1) is 0 Å². The third kappa shape index (κ3) is 7.85. The van der Waals surface area contributed by atoms with Crippen LogP contribution in [0.1, 0.15) is 24.0 Å². The van der Waals surface area contributed by atoms with Gasteiger partial charge in [0, 0.05) is 24.5 Å². The second-order valence-electron chi connectivity index (χ2n) is 9.10. The zero-order valence-electron chi connectivity index (χ0n) is 20.5.